The lowest BCUT2D eigenvalue weighted by Crippen LogP contribution is -2.39. The summed E-state index contributed by atoms with van der Waals surface area (Å²) >= 11 is 0. The van der Waals surface area contributed by atoms with Crippen LogP contribution < -0.4 is 0 Å². The van der Waals surface area contributed by atoms with Crippen molar-refractivity contribution in [2.75, 3.05) is 0 Å². The van der Waals surface area contributed by atoms with Gasteiger partial charge in [-0.15, -0.1) is 0 Å². The van der Waals surface area contributed by atoms with Crippen LogP contribution in [0.25, 0.3) is 0 Å². The summed E-state index contributed by atoms with van der Waals surface area (Å²) in [5, 5.41) is 19.6. The van der Waals surface area contributed by atoms with E-state index in [4.69, 9.17) is 0 Å². The second-order valence-corrected chi connectivity index (χ2v) is 10.5. The van der Waals surface area contributed by atoms with Crippen molar-refractivity contribution >= 4 is 8.32 Å². The van der Waals surface area contributed by atoms with Gasteiger partial charge in [-0.25, -0.2) is 0 Å². The zero-order valence-corrected chi connectivity index (χ0v) is 12.6. The maximum atomic E-state index is 10.2. The summed E-state index contributed by atoms with van der Waals surface area (Å²) in [4.78, 5) is 10.2. The van der Waals surface area contributed by atoms with Gasteiger partial charge in [0, 0.05) is 5.56 Å². The monoisotopic (exact) mass is 268 g/mol. The van der Waals surface area contributed by atoms with E-state index in [9.17, 15) is 15.0 Å². The molecule has 0 aliphatic carbocycles. The Labute approximate surface area is 110 Å². The van der Waals surface area contributed by atoms with E-state index in [1.54, 1.807) is 24.3 Å². The Bertz CT molecular complexity index is 396. The first-order valence-electron chi connectivity index (χ1n) is 6.33. The van der Waals surface area contributed by atoms with Gasteiger partial charge in [0.25, 0.3) is 0 Å². The summed E-state index contributed by atoms with van der Waals surface area (Å²) in [6, 6.07) is 6.84. The second kappa shape index (κ2) is 5.43. The van der Waals surface area contributed by atoms with Crippen molar-refractivity contribution in [3.8, 4) is 5.75 Å². The van der Waals surface area contributed by atoms with Gasteiger partial charge in [-0.3, -0.25) is 0 Å². The average Bonchev–Trinajstić information content (AvgIpc) is 2.25. The lowest BCUT2D eigenvalue weighted by Gasteiger charge is -2.35. The van der Waals surface area contributed by atoms with E-state index in [1.165, 1.54) is 0 Å². The number of aromatic hydroxyl groups is 1. The van der Waals surface area contributed by atoms with E-state index in [1.807, 2.05) is 26.9 Å². The lowest BCUT2D eigenvalue weighted by atomic mass is 9.98. The van der Waals surface area contributed by atoms with Gasteiger partial charge < -0.3 is 15.0 Å². The summed E-state index contributed by atoms with van der Waals surface area (Å²) in [6.07, 6.45) is 0.599. The molecule has 102 valence electrons. The number of para-hydroxylation sites is 1. The van der Waals surface area contributed by atoms with Crippen LogP contribution in [0.3, 0.4) is 0 Å². The van der Waals surface area contributed by atoms with Gasteiger partial charge in [0.2, 0.25) is 0 Å². The Hall–Kier alpha value is -0.843. The standard InChI is InChI=1S/C14H24O3Si/c1-14(2,18(3,4)17)10-9-13(16)11-7-5-6-8-12(11)15/h5-8,13,15-17H,9-10H2,1-4H3/t13-/m1/s1. The molecular weight excluding hydrogens is 244 g/mol. The number of hydrogen-bond donors (Lipinski definition) is 3. The smallest absolute Gasteiger partial charge is 0.188 e. The SMILES string of the molecule is CC(C)(CC[C@@H](O)c1ccccc1O)[Si](C)(C)O. The van der Waals surface area contributed by atoms with Crippen LogP contribution >= 0.6 is 0 Å². The number of phenols is 1. The van der Waals surface area contributed by atoms with Crippen LogP contribution in [0.1, 0.15) is 38.4 Å². The van der Waals surface area contributed by atoms with Gasteiger partial charge in [-0.2, -0.15) is 0 Å². The van der Waals surface area contributed by atoms with Crippen LogP contribution in [0.4, 0.5) is 0 Å². The summed E-state index contributed by atoms with van der Waals surface area (Å²) in [5.41, 5.74) is 0.561. The van der Waals surface area contributed by atoms with Gasteiger partial charge in [-0.05, 0) is 37.0 Å². The minimum absolute atomic E-state index is 0.128. The first-order valence-corrected chi connectivity index (χ1v) is 9.28. The van der Waals surface area contributed by atoms with Crippen LogP contribution in [0, 0.1) is 0 Å². The molecule has 0 aromatic heterocycles. The molecule has 0 amide bonds. The number of hydrogen-bond acceptors (Lipinski definition) is 3. The molecule has 1 atom stereocenters. The normalized spacial score (nSPS) is 14.6. The fraction of sp³-hybridized carbons (Fsp3) is 0.571. The summed E-state index contributed by atoms with van der Waals surface area (Å²) in [7, 11) is -2.24. The summed E-state index contributed by atoms with van der Waals surface area (Å²) in [5.74, 6) is 0.128. The molecule has 3 N–H and O–H groups in total. The molecule has 1 aromatic carbocycles. The van der Waals surface area contributed by atoms with Crippen molar-refractivity contribution < 1.29 is 15.0 Å². The van der Waals surface area contributed by atoms with Crippen molar-refractivity contribution in [2.24, 2.45) is 0 Å². The number of benzene rings is 1. The third-order valence-corrected chi connectivity index (χ3v) is 7.56. The third-order valence-electron chi connectivity index (χ3n) is 3.99. The molecule has 0 unspecified atom stereocenters. The first kappa shape index (κ1) is 15.2. The van der Waals surface area contributed by atoms with Crippen LogP contribution in [0.5, 0.6) is 5.75 Å². The van der Waals surface area contributed by atoms with Gasteiger partial charge in [0.15, 0.2) is 8.32 Å². The van der Waals surface area contributed by atoms with Crippen molar-refractivity contribution in [1.82, 2.24) is 0 Å². The maximum Gasteiger partial charge on any atom is 0.188 e. The van der Waals surface area contributed by atoms with E-state index in [2.05, 4.69) is 0 Å². The molecule has 3 nitrogen and oxygen atoms in total. The van der Waals surface area contributed by atoms with Crippen molar-refractivity contribution in [3.05, 3.63) is 29.8 Å². The predicted octanol–water partition coefficient (Wildman–Crippen LogP) is 3.18. The van der Waals surface area contributed by atoms with E-state index < -0.39 is 14.4 Å². The minimum Gasteiger partial charge on any atom is -0.508 e. The average molecular weight is 268 g/mol. The molecule has 1 rings (SSSR count). The van der Waals surface area contributed by atoms with E-state index in [0.29, 0.717) is 12.0 Å². The zero-order valence-electron chi connectivity index (χ0n) is 11.6. The van der Waals surface area contributed by atoms with E-state index in [0.717, 1.165) is 6.42 Å². The van der Waals surface area contributed by atoms with Gasteiger partial charge in [0.1, 0.15) is 5.75 Å². The lowest BCUT2D eigenvalue weighted by molar-refractivity contribution is 0.155. The van der Waals surface area contributed by atoms with Crippen LogP contribution in [-0.4, -0.2) is 23.3 Å². The molecule has 0 spiro atoms. The molecule has 1 aromatic rings. The molecule has 0 aliphatic rings. The van der Waals surface area contributed by atoms with Gasteiger partial charge in [0.05, 0.1) is 6.10 Å². The Balaban J connectivity index is 2.68. The number of phenolic OH excluding ortho intramolecular Hbond substituents is 1. The van der Waals surface area contributed by atoms with Crippen LogP contribution in [-0.2, 0) is 0 Å². The number of aliphatic hydroxyl groups excluding tert-OH is 1. The van der Waals surface area contributed by atoms with Gasteiger partial charge in [-0.1, -0.05) is 32.0 Å². The molecule has 0 radical (unpaired) electrons. The molecule has 0 bridgehead atoms. The van der Waals surface area contributed by atoms with Crippen LogP contribution in [0.2, 0.25) is 18.1 Å². The van der Waals surface area contributed by atoms with Crippen molar-refractivity contribution in [3.63, 3.8) is 0 Å². The largest absolute Gasteiger partial charge is 0.508 e. The molecule has 18 heavy (non-hydrogen) atoms. The fourth-order valence-corrected chi connectivity index (χ4v) is 2.48. The van der Waals surface area contributed by atoms with Crippen molar-refractivity contribution in [1.29, 1.82) is 0 Å². The molecule has 0 fully saturated rings. The van der Waals surface area contributed by atoms with Crippen molar-refractivity contribution in [2.45, 2.75) is 50.9 Å². The Morgan fingerprint density at radius 2 is 1.78 bits per heavy atom. The molecule has 4 heteroatoms. The molecule has 0 saturated heterocycles. The zero-order chi connectivity index (χ0) is 14.0. The number of aliphatic hydroxyl groups is 1. The third kappa shape index (κ3) is 3.57. The van der Waals surface area contributed by atoms with Crippen LogP contribution in [0.15, 0.2) is 24.3 Å². The summed E-state index contributed by atoms with van der Waals surface area (Å²) < 4.78 is 0. The highest BCUT2D eigenvalue weighted by molar-refractivity contribution is 6.72. The Morgan fingerprint density at radius 1 is 1.22 bits per heavy atom. The number of rotatable bonds is 5. The highest BCUT2D eigenvalue weighted by atomic mass is 28.4. The molecular formula is C14H24O3Si. The fourth-order valence-electron chi connectivity index (χ4n) is 1.73. The Morgan fingerprint density at radius 3 is 2.28 bits per heavy atom. The minimum atomic E-state index is -2.24. The predicted molar refractivity (Wildman–Crippen MR) is 76.0 cm³/mol. The topological polar surface area (TPSA) is 60.7 Å². The highest BCUT2D eigenvalue weighted by Gasteiger charge is 2.37. The highest BCUT2D eigenvalue weighted by Crippen LogP contribution is 2.42. The second-order valence-electron chi connectivity index (χ2n) is 6.06. The van der Waals surface area contributed by atoms with Gasteiger partial charge >= 0.3 is 0 Å². The first-order chi connectivity index (χ1) is 8.15. The molecule has 0 heterocycles. The quantitative estimate of drug-likeness (QED) is 0.719. The molecule has 0 aliphatic heterocycles. The maximum absolute atomic E-state index is 10.2. The molecule has 0 saturated carbocycles. The Kier molecular flexibility index (Phi) is 4.59. The summed E-state index contributed by atoms with van der Waals surface area (Å²) in [6.45, 7) is 7.91. The van der Waals surface area contributed by atoms with E-state index >= 15 is 0 Å². The van der Waals surface area contributed by atoms with E-state index in [-0.39, 0.29) is 10.8 Å².